The number of hydrogen-bond donors (Lipinski definition) is 1. The molecular weight excluding hydrogens is 465 g/mol. The Balaban J connectivity index is 1.31. The lowest BCUT2D eigenvalue weighted by atomic mass is 10.1. The summed E-state index contributed by atoms with van der Waals surface area (Å²) in [5.41, 5.74) is -0.150. The van der Waals surface area contributed by atoms with Gasteiger partial charge in [-0.15, -0.1) is 0 Å². The van der Waals surface area contributed by atoms with E-state index in [1.165, 1.54) is 12.1 Å². The first-order chi connectivity index (χ1) is 17.4. The molecular formula is C27H34FN3O5. The van der Waals surface area contributed by atoms with Gasteiger partial charge >= 0.3 is 0 Å². The Bertz CT molecular complexity index is 1110. The Morgan fingerprint density at radius 3 is 2.72 bits per heavy atom. The number of hydrogen-bond acceptors (Lipinski definition) is 7. The maximum Gasteiger partial charge on any atom is 0.161 e. The zero-order valence-electron chi connectivity index (χ0n) is 20.9. The van der Waals surface area contributed by atoms with Crippen molar-refractivity contribution in [1.82, 2.24) is 14.5 Å². The molecule has 9 heteroatoms. The van der Waals surface area contributed by atoms with E-state index in [4.69, 9.17) is 18.9 Å². The first-order valence-corrected chi connectivity index (χ1v) is 12.1. The van der Waals surface area contributed by atoms with E-state index in [0.29, 0.717) is 50.1 Å². The van der Waals surface area contributed by atoms with Crippen LogP contribution in [0.2, 0.25) is 0 Å². The van der Waals surface area contributed by atoms with E-state index in [1.54, 1.807) is 25.4 Å². The average molecular weight is 500 g/mol. The van der Waals surface area contributed by atoms with Crippen molar-refractivity contribution in [2.24, 2.45) is 0 Å². The summed E-state index contributed by atoms with van der Waals surface area (Å²) in [6, 6.07) is 11.7. The van der Waals surface area contributed by atoms with Crippen LogP contribution >= 0.6 is 0 Å². The Morgan fingerprint density at radius 2 is 1.97 bits per heavy atom. The molecule has 2 aromatic carbocycles. The molecule has 1 aliphatic rings. The fourth-order valence-electron chi connectivity index (χ4n) is 4.21. The third kappa shape index (κ3) is 7.19. The number of aromatic nitrogens is 2. The van der Waals surface area contributed by atoms with E-state index in [2.05, 4.69) is 14.5 Å². The Hall–Kier alpha value is -3.14. The molecule has 4 rings (SSSR count). The summed E-state index contributed by atoms with van der Waals surface area (Å²) in [6.07, 6.45) is 4.62. The number of imidazole rings is 1. The first kappa shape index (κ1) is 25.9. The molecule has 1 fully saturated rings. The number of methoxy groups -OCH3 is 1. The molecule has 0 saturated carbocycles. The monoisotopic (exact) mass is 499 g/mol. The summed E-state index contributed by atoms with van der Waals surface area (Å²) >= 11 is 0. The fourth-order valence-corrected chi connectivity index (χ4v) is 4.21. The number of aliphatic hydroxyl groups is 1. The van der Waals surface area contributed by atoms with Gasteiger partial charge in [0.1, 0.15) is 29.6 Å². The fraction of sp³-hybridized carbons (Fsp3) is 0.444. The van der Waals surface area contributed by atoms with Crippen molar-refractivity contribution in [1.29, 1.82) is 0 Å². The zero-order valence-corrected chi connectivity index (χ0v) is 20.9. The van der Waals surface area contributed by atoms with Gasteiger partial charge in [-0.2, -0.15) is 0 Å². The van der Waals surface area contributed by atoms with Gasteiger partial charge in [0.05, 0.1) is 26.9 Å². The first-order valence-electron chi connectivity index (χ1n) is 12.1. The lowest BCUT2D eigenvalue weighted by molar-refractivity contribution is -0.0646. The van der Waals surface area contributed by atoms with Crippen molar-refractivity contribution >= 4 is 0 Å². The van der Waals surface area contributed by atoms with E-state index < -0.39 is 5.60 Å². The molecule has 1 saturated heterocycles. The van der Waals surface area contributed by atoms with E-state index in [0.717, 1.165) is 24.4 Å². The van der Waals surface area contributed by atoms with Crippen LogP contribution in [0.25, 0.3) is 0 Å². The molecule has 1 aromatic heterocycles. The normalized spacial score (nSPS) is 18.6. The van der Waals surface area contributed by atoms with Crippen LogP contribution < -0.4 is 14.2 Å². The minimum Gasteiger partial charge on any atom is -0.493 e. The van der Waals surface area contributed by atoms with Gasteiger partial charge in [-0.1, -0.05) is 6.07 Å². The van der Waals surface area contributed by atoms with E-state index in [1.807, 2.05) is 31.3 Å². The Labute approximate surface area is 211 Å². The van der Waals surface area contributed by atoms with Crippen LogP contribution in [0.4, 0.5) is 4.39 Å². The van der Waals surface area contributed by atoms with E-state index in [9.17, 15) is 9.50 Å². The van der Waals surface area contributed by atoms with Gasteiger partial charge in [-0.25, -0.2) is 9.37 Å². The van der Waals surface area contributed by atoms with Gasteiger partial charge in [0.2, 0.25) is 0 Å². The standard InChI is InChI=1S/C27H34FN3O5/c1-21-29-10-12-31(21)11-3-14-35-25-9-4-22(16-26(25)33-2)17-30-13-15-34-19-27(32,18-30)20-36-24-7-5-23(28)6-8-24/h4-10,12,16,32H,3,11,13-15,17-20H2,1-2H3/t27-/m0/s1. The predicted molar refractivity (Wildman–Crippen MR) is 133 cm³/mol. The number of rotatable bonds is 11. The molecule has 0 radical (unpaired) electrons. The predicted octanol–water partition coefficient (Wildman–Crippen LogP) is 3.45. The maximum absolute atomic E-state index is 13.1. The lowest BCUT2D eigenvalue weighted by Crippen LogP contribution is -2.48. The van der Waals surface area contributed by atoms with Gasteiger partial charge in [0.25, 0.3) is 0 Å². The van der Waals surface area contributed by atoms with Gasteiger partial charge in [-0.3, -0.25) is 4.90 Å². The molecule has 194 valence electrons. The van der Waals surface area contributed by atoms with Crippen molar-refractivity contribution in [3.63, 3.8) is 0 Å². The molecule has 0 bridgehead atoms. The molecule has 1 N–H and O–H groups in total. The van der Waals surface area contributed by atoms with Gasteiger partial charge < -0.3 is 28.6 Å². The molecule has 0 spiro atoms. The molecule has 0 aliphatic carbocycles. The summed E-state index contributed by atoms with van der Waals surface area (Å²) in [6.45, 7) is 5.78. The largest absolute Gasteiger partial charge is 0.493 e. The van der Waals surface area contributed by atoms with E-state index in [-0.39, 0.29) is 19.0 Å². The summed E-state index contributed by atoms with van der Waals surface area (Å²) in [7, 11) is 1.63. The number of β-amino-alcohol motifs (C(OH)–C–C–N with tert-alkyl or cyclic N) is 1. The highest BCUT2D eigenvalue weighted by Crippen LogP contribution is 2.29. The molecule has 0 unspecified atom stereocenters. The molecule has 0 amide bonds. The average Bonchev–Trinajstić information content (AvgIpc) is 3.19. The Kier molecular flexibility index (Phi) is 8.79. The SMILES string of the molecule is COc1cc(CN2CCOC[C@](O)(COc3ccc(F)cc3)C2)ccc1OCCCn1ccnc1C. The molecule has 2 heterocycles. The molecule has 3 aromatic rings. The molecule has 8 nitrogen and oxygen atoms in total. The third-order valence-corrected chi connectivity index (χ3v) is 6.12. The van der Waals surface area contributed by atoms with Gasteiger partial charge in [-0.05, 0) is 55.3 Å². The number of nitrogens with zero attached hydrogens (tertiary/aromatic N) is 3. The maximum atomic E-state index is 13.1. The molecule has 1 atom stereocenters. The minimum atomic E-state index is -1.19. The second kappa shape index (κ2) is 12.2. The second-order valence-electron chi connectivity index (χ2n) is 9.09. The number of halogens is 1. The number of benzene rings is 2. The zero-order chi connectivity index (χ0) is 25.4. The van der Waals surface area contributed by atoms with Crippen molar-refractivity contribution in [2.45, 2.75) is 32.0 Å². The Morgan fingerprint density at radius 1 is 1.14 bits per heavy atom. The highest BCUT2D eigenvalue weighted by molar-refractivity contribution is 5.43. The molecule has 36 heavy (non-hydrogen) atoms. The highest BCUT2D eigenvalue weighted by atomic mass is 19.1. The van der Waals surface area contributed by atoms with Gasteiger partial charge in [0, 0.05) is 38.6 Å². The second-order valence-corrected chi connectivity index (χ2v) is 9.09. The van der Waals surface area contributed by atoms with Crippen LogP contribution in [0.3, 0.4) is 0 Å². The number of aryl methyl sites for hydroxylation is 2. The smallest absolute Gasteiger partial charge is 0.161 e. The third-order valence-electron chi connectivity index (χ3n) is 6.12. The quantitative estimate of drug-likeness (QED) is 0.405. The van der Waals surface area contributed by atoms with Crippen LogP contribution in [0.15, 0.2) is 54.9 Å². The topological polar surface area (TPSA) is 78.2 Å². The van der Waals surface area contributed by atoms with Crippen LogP contribution in [-0.4, -0.2) is 71.8 Å². The van der Waals surface area contributed by atoms with Crippen molar-refractivity contribution in [3.05, 3.63) is 72.1 Å². The van der Waals surface area contributed by atoms with Crippen molar-refractivity contribution in [3.8, 4) is 17.2 Å². The number of ether oxygens (including phenoxy) is 4. The summed E-state index contributed by atoms with van der Waals surface area (Å²) in [5.74, 6) is 2.53. The summed E-state index contributed by atoms with van der Waals surface area (Å²) in [4.78, 5) is 6.36. The summed E-state index contributed by atoms with van der Waals surface area (Å²) < 4.78 is 38.2. The van der Waals surface area contributed by atoms with Crippen LogP contribution in [0, 0.1) is 12.7 Å². The molecule has 1 aliphatic heterocycles. The van der Waals surface area contributed by atoms with Crippen molar-refractivity contribution in [2.75, 3.05) is 46.6 Å². The van der Waals surface area contributed by atoms with Crippen LogP contribution in [0.1, 0.15) is 17.8 Å². The lowest BCUT2D eigenvalue weighted by Gasteiger charge is -2.30. The van der Waals surface area contributed by atoms with Crippen LogP contribution in [-0.2, 0) is 17.8 Å². The van der Waals surface area contributed by atoms with Crippen molar-refractivity contribution < 1.29 is 28.4 Å². The van der Waals surface area contributed by atoms with Gasteiger partial charge in [0.15, 0.2) is 11.5 Å². The van der Waals surface area contributed by atoms with Crippen LogP contribution in [0.5, 0.6) is 17.2 Å². The van der Waals surface area contributed by atoms with E-state index >= 15 is 0 Å². The summed E-state index contributed by atoms with van der Waals surface area (Å²) in [5, 5.41) is 11.2. The minimum absolute atomic E-state index is 0.0455. The highest BCUT2D eigenvalue weighted by Gasteiger charge is 2.33.